The molecule has 1 atom stereocenters. The van der Waals surface area contributed by atoms with Crippen LogP contribution in [-0.2, 0) is 10.0 Å². The van der Waals surface area contributed by atoms with Crippen molar-refractivity contribution in [1.82, 2.24) is 0 Å². The van der Waals surface area contributed by atoms with E-state index >= 15 is 0 Å². The summed E-state index contributed by atoms with van der Waals surface area (Å²) in [5.74, 6) is -3.78. The fraction of sp³-hybridized carbons (Fsp3) is 0.333. The molecular formula is C9H11F3N2O2S. The van der Waals surface area contributed by atoms with E-state index in [1.54, 1.807) is 4.72 Å². The summed E-state index contributed by atoms with van der Waals surface area (Å²) in [5, 5.41) is -1.02. The lowest BCUT2D eigenvalue weighted by Gasteiger charge is -2.13. The van der Waals surface area contributed by atoms with Crippen molar-refractivity contribution >= 4 is 15.7 Å². The van der Waals surface area contributed by atoms with Crippen LogP contribution in [0.5, 0.6) is 0 Å². The molecule has 3 N–H and O–H groups in total. The van der Waals surface area contributed by atoms with E-state index < -0.39 is 38.4 Å². The third-order valence-corrected chi connectivity index (χ3v) is 3.85. The Morgan fingerprint density at radius 3 is 2.18 bits per heavy atom. The first-order valence-electron chi connectivity index (χ1n) is 4.64. The Labute approximate surface area is 96.7 Å². The molecule has 0 heterocycles. The molecule has 4 nitrogen and oxygen atoms in total. The quantitative estimate of drug-likeness (QED) is 0.861. The Kier molecular flexibility index (Phi) is 3.99. The van der Waals surface area contributed by atoms with Gasteiger partial charge in [-0.1, -0.05) is 0 Å². The molecular weight excluding hydrogens is 257 g/mol. The van der Waals surface area contributed by atoms with E-state index in [2.05, 4.69) is 0 Å². The molecule has 0 bridgehead atoms. The number of nitrogens with one attached hydrogen (secondary N) is 1. The molecule has 1 aromatic carbocycles. The number of anilines is 1. The highest BCUT2D eigenvalue weighted by molar-refractivity contribution is 7.93. The fourth-order valence-corrected chi connectivity index (χ4v) is 1.94. The van der Waals surface area contributed by atoms with Gasteiger partial charge < -0.3 is 5.73 Å². The SMILES string of the molecule is CC(CN)S(=O)(=O)Nc1c(F)cc(F)cc1F. The van der Waals surface area contributed by atoms with Crippen LogP contribution in [-0.4, -0.2) is 20.2 Å². The molecule has 8 heteroatoms. The maximum Gasteiger partial charge on any atom is 0.236 e. The van der Waals surface area contributed by atoms with Crippen molar-refractivity contribution in [3.8, 4) is 0 Å². The number of hydrogen-bond acceptors (Lipinski definition) is 3. The summed E-state index contributed by atoms with van der Waals surface area (Å²) in [5.41, 5.74) is 4.23. The van der Waals surface area contributed by atoms with Crippen LogP contribution in [0.2, 0.25) is 0 Å². The van der Waals surface area contributed by atoms with Crippen LogP contribution in [0.4, 0.5) is 18.9 Å². The number of halogens is 3. The summed E-state index contributed by atoms with van der Waals surface area (Å²) in [6.45, 7) is 1.07. The van der Waals surface area contributed by atoms with Crippen molar-refractivity contribution in [1.29, 1.82) is 0 Å². The third kappa shape index (κ3) is 3.10. The predicted molar refractivity (Wildman–Crippen MR) is 57.4 cm³/mol. The lowest BCUT2D eigenvalue weighted by Crippen LogP contribution is -2.32. The number of nitrogens with two attached hydrogens (primary N) is 1. The van der Waals surface area contributed by atoms with Crippen molar-refractivity contribution in [2.24, 2.45) is 5.73 Å². The van der Waals surface area contributed by atoms with Gasteiger partial charge in [-0.25, -0.2) is 21.6 Å². The van der Waals surface area contributed by atoms with Gasteiger partial charge in [0, 0.05) is 18.7 Å². The maximum atomic E-state index is 13.2. The molecule has 0 aliphatic carbocycles. The predicted octanol–water partition coefficient (Wildman–Crippen LogP) is 1.19. The lowest BCUT2D eigenvalue weighted by molar-refractivity contribution is 0.546. The molecule has 0 saturated heterocycles. The van der Waals surface area contributed by atoms with Gasteiger partial charge in [0.2, 0.25) is 10.0 Å². The first kappa shape index (κ1) is 13.8. The molecule has 96 valence electrons. The molecule has 0 spiro atoms. The van der Waals surface area contributed by atoms with Gasteiger partial charge in [-0.3, -0.25) is 4.72 Å². The number of sulfonamides is 1. The second-order valence-electron chi connectivity index (χ2n) is 3.44. The van der Waals surface area contributed by atoms with Gasteiger partial charge in [0.15, 0.2) is 11.6 Å². The molecule has 1 unspecified atom stereocenters. The van der Waals surface area contributed by atoms with Crippen molar-refractivity contribution in [2.75, 3.05) is 11.3 Å². The Hall–Kier alpha value is -1.28. The summed E-state index contributed by atoms with van der Waals surface area (Å²) >= 11 is 0. The number of benzene rings is 1. The van der Waals surface area contributed by atoms with E-state index in [4.69, 9.17) is 5.73 Å². The second kappa shape index (κ2) is 4.92. The summed E-state index contributed by atoms with van der Waals surface area (Å²) in [6.07, 6.45) is 0. The average Bonchev–Trinajstić information content (AvgIpc) is 2.22. The second-order valence-corrected chi connectivity index (χ2v) is 5.54. The van der Waals surface area contributed by atoms with Crippen molar-refractivity contribution < 1.29 is 21.6 Å². The lowest BCUT2D eigenvalue weighted by atomic mass is 10.3. The minimum Gasteiger partial charge on any atom is -0.329 e. The molecule has 0 aliphatic heterocycles. The first-order chi connectivity index (χ1) is 7.77. The largest absolute Gasteiger partial charge is 0.329 e. The molecule has 1 aromatic rings. The Morgan fingerprint density at radius 2 is 1.76 bits per heavy atom. The highest BCUT2D eigenvalue weighted by Crippen LogP contribution is 2.22. The maximum absolute atomic E-state index is 13.2. The average molecular weight is 268 g/mol. The van der Waals surface area contributed by atoms with Crippen LogP contribution in [0, 0.1) is 17.5 Å². The van der Waals surface area contributed by atoms with Gasteiger partial charge in [0.1, 0.15) is 11.5 Å². The molecule has 17 heavy (non-hydrogen) atoms. The Morgan fingerprint density at radius 1 is 1.29 bits per heavy atom. The summed E-state index contributed by atoms with van der Waals surface area (Å²) in [4.78, 5) is 0. The van der Waals surface area contributed by atoms with Gasteiger partial charge in [0.25, 0.3) is 0 Å². The highest BCUT2D eigenvalue weighted by atomic mass is 32.2. The summed E-state index contributed by atoms with van der Waals surface area (Å²) in [6, 6.07) is 0.766. The monoisotopic (exact) mass is 268 g/mol. The molecule has 0 radical (unpaired) electrons. The smallest absolute Gasteiger partial charge is 0.236 e. The number of rotatable bonds is 4. The first-order valence-corrected chi connectivity index (χ1v) is 6.18. The third-order valence-electron chi connectivity index (χ3n) is 2.11. The van der Waals surface area contributed by atoms with Crippen LogP contribution in [0.25, 0.3) is 0 Å². The van der Waals surface area contributed by atoms with Gasteiger partial charge >= 0.3 is 0 Å². The van der Waals surface area contributed by atoms with E-state index in [9.17, 15) is 21.6 Å². The highest BCUT2D eigenvalue weighted by Gasteiger charge is 2.23. The van der Waals surface area contributed by atoms with Crippen LogP contribution in [0.3, 0.4) is 0 Å². The van der Waals surface area contributed by atoms with E-state index in [1.807, 2.05) is 0 Å². The van der Waals surface area contributed by atoms with Gasteiger partial charge in [-0.05, 0) is 6.92 Å². The fourth-order valence-electron chi connectivity index (χ4n) is 1.01. The summed E-state index contributed by atoms with van der Waals surface area (Å²) < 4.78 is 63.6. The normalized spacial score (nSPS) is 13.5. The molecule has 0 saturated carbocycles. The molecule has 1 rings (SSSR count). The van der Waals surface area contributed by atoms with E-state index in [0.29, 0.717) is 12.1 Å². The van der Waals surface area contributed by atoms with Crippen LogP contribution in [0.1, 0.15) is 6.92 Å². The molecule has 0 aromatic heterocycles. The van der Waals surface area contributed by atoms with Gasteiger partial charge in [-0.15, -0.1) is 0 Å². The van der Waals surface area contributed by atoms with E-state index in [0.717, 1.165) is 0 Å². The van der Waals surface area contributed by atoms with E-state index in [-0.39, 0.29) is 6.54 Å². The zero-order valence-electron chi connectivity index (χ0n) is 8.88. The zero-order valence-corrected chi connectivity index (χ0v) is 9.69. The summed E-state index contributed by atoms with van der Waals surface area (Å²) in [7, 11) is -4.00. The minimum absolute atomic E-state index is 0.209. The molecule has 0 amide bonds. The van der Waals surface area contributed by atoms with Crippen LogP contribution < -0.4 is 10.5 Å². The minimum atomic E-state index is -4.00. The van der Waals surface area contributed by atoms with Crippen molar-refractivity contribution in [2.45, 2.75) is 12.2 Å². The van der Waals surface area contributed by atoms with Crippen LogP contribution in [0.15, 0.2) is 12.1 Å². The van der Waals surface area contributed by atoms with E-state index in [1.165, 1.54) is 6.92 Å². The van der Waals surface area contributed by atoms with Gasteiger partial charge in [0.05, 0.1) is 5.25 Å². The topological polar surface area (TPSA) is 72.2 Å². The molecule has 0 fully saturated rings. The Bertz CT molecular complexity index is 496. The number of hydrogen-bond donors (Lipinski definition) is 2. The van der Waals surface area contributed by atoms with Crippen molar-refractivity contribution in [3.05, 3.63) is 29.6 Å². The molecule has 0 aliphatic rings. The standard InChI is InChI=1S/C9H11F3N2O2S/c1-5(4-13)17(15,16)14-9-7(11)2-6(10)3-8(9)12/h2-3,5,14H,4,13H2,1H3. The van der Waals surface area contributed by atoms with Crippen molar-refractivity contribution in [3.63, 3.8) is 0 Å². The van der Waals surface area contributed by atoms with Crippen LogP contribution >= 0.6 is 0 Å². The van der Waals surface area contributed by atoms with Gasteiger partial charge in [-0.2, -0.15) is 0 Å². The Balaban J connectivity index is 3.13. The zero-order chi connectivity index (χ0) is 13.2.